The fraction of sp³-hybridized carbons (Fsp3) is 0.522. The van der Waals surface area contributed by atoms with Gasteiger partial charge >= 0.3 is 0 Å². The Morgan fingerprint density at radius 2 is 2.04 bits per heavy atom. The van der Waals surface area contributed by atoms with Gasteiger partial charge in [0.1, 0.15) is 5.82 Å². The SMILES string of the molecule is C[C@@H]1CN(c2cc(N3[C@H]4CC[C@H](C4)[C@H]3Cc3ccccc3)[nH]c(=O)c2)CCO1. The van der Waals surface area contributed by atoms with E-state index in [2.05, 4.69) is 58.1 Å². The Morgan fingerprint density at radius 3 is 2.86 bits per heavy atom. The van der Waals surface area contributed by atoms with Crippen LogP contribution in [0.1, 0.15) is 31.7 Å². The van der Waals surface area contributed by atoms with Gasteiger partial charge in [-0.05, 0) is 44.1 Å². The normalized spacial score (nSPS) is 29.5. The Balaban J connectivity index is 1.46. The van der Waals surface area contributed by atoms with Gasteiger partial charge in [0.15, 0.2) is 0 Å². The molecule has 2 saturated heterocycles. The average Bonchev–Trinajstić information content (AvgIpc) is 3.30. The van der Waals surface area contributed by atoms with E-state index < -0.39 is 0 Å². The monoisotopic (exact) mass is 379 g/mol. The number of anilines is 2. The molecule has 0 radical (unpaired) electrons. The molecule has 5 rings (SSSR count). The van der Waals surface area contributed by atoms with Gasteiger partial charge < -0.3 is 19.5 Å². The number of benzene rings is 1. The summed E-state index contributed by atoms with van der Waals surface area (Å²) >= 11 is 0. The molecule has 0 spiro atoms. The molecule has 2 bridgehead atoms. The molecule has 0 unspecified atom stereocenters. The number of nitrogens with zero attached hydrogens (tertiary/aromatic N) is 2. The van der Waals surface area contributed by atoms with E-state index in [4.69, 9.17) is 4.74 Å². The van der Waals surface area contributed by atoms with Gasteiger partial charge in [0.2, 0.25) is 0 Å². The number of morpholine rings is 1. The maximum absolute atomic E-state index is 12.5. The minimum Gasteiger partial charge on any atom is -0.375 e. The highest BCUT2D eigenvalue weighted by molar-refractivity contribution is 5.57. The largest absolute Gasteiger partial charge is 0.375 e. The van der Waals surface area contributed by atoms with Crippen LogP contribution in [0, 0.1) is 5.92 Å². The lowest BCUT2D eigenvalue weighted by Crippen LogP contribution is -2.44. The molecule has 148 valence electrons. The first-order valence-electron chi connectivity index (χ1n) is 10.6. The van der Waals surface area contributed by atoms with Crippen molar-refractivity contribution in [2.45, 2.75) is 50.8 Å². The third kappa shape index (κ3) is 3.32. The second-order valence-corrected chi connectivity index (χ2v) is 8.61. The van der Waals surface area contributed by atoms with Gasteiger partial charge in [-0.1, -0.05) is 30.3 Å². The van der Waals surface area contributed by atoms with Crippen LogP contribution in [0.5, 0.6) is 0 Å². The number of hydrogen-bond donors (Lipinski definition) is 1. The van der Waals surface area contributed by atoms with Crippen LogP contribution in [-0.4, -0.2) is 42.9 Å². The van der Waals surface area contributed by atoms with Gasteiger partial charge in [-0.2, -0.15) is 0 Å². The number of fused-ring (bicyclic) bond motifs is 2. The van der Waals surface area contributed by atoms with Gasteiger partial charge in [-0.15, -0.1) is 0 Å². The van der Waals surface area contributed by atoms with Gasteiger partial charge in [0.25, 0.3) is 5.56 Å². The summed E-state index contributed by atoms with van der Waals surface area (Å²) < 4.78 is 5.68. The first-order chi connectivity index (χ1) is 13.7. The number of hydrogen-bond acceptors (Lipinski definition) is 4. The van der Waals surface area contributed by atoms with Crippen LogP contribution >= 0.6 is 0 Å². The summed E-state index contributed by atoms with van der Waals surface area (Å²) in [7, 11) is 0. The van der Waals surface area contributed by atoms with E-state index in [0.717, 1.165) is 36.9 Å². The lowest BCUT2D eigenvalue weighted by atomic mass is 9.92. The topological polar surface area (TPSA) is 48.6 Å². The van der Waals surface area contributed by atoms with Crippen LogP contribution in [0.15, 0.2) is 47.3 Å². The van der Waals surface area contributed by atoms with Crippen molar-refractivity contribution in [1.82, 2.24) is 4.98 Å². The van der Waals surface area contributed by atoms with Gasteiger partial charge in [-0.3, -0.25) is 4.79 Å². The molecular weight excluding hydrogens is 350 g/mol. The summed E-state index contributed by atoms with van der Waals surface area (Å²) in [6.45, 7) is 4.49. The summed E-state index contributed by atoms with van der Waals surface area (Å²) in [4.78, 5) is 20.5. The number of aromatic amines is 1. The Morgan fingerprint density at radius 1 is 1.18 bits per heavy atom. The van der Waals surface area contributed by atoms with Crippen LogP contribution in [0.4, 0.5) is 11.5 Å². The summed E-state index contributed by atoms with van der Waals surface area (Å²) in [6.07, 6.45) is 5.03. The average molecular weight is 380 g/mol. The van der Waals surface area contributed by atoms with E-state index in [-0.39, 0.29) is 11.7 Å². The number of rotatable bonds is 4. The Bertz CT molecular complexity index is 881. The number of aromatic nitrogens is 1. The number of piperidine rings is 1. The van der Waals surface area contributed by atoms with Crippen LogP contribution in [0.3, 0.4) is 0 Å². The highest BCUT2D eigenvalue weighted by Gasteiger charge is 2.46. The molecule has 4 atom stereocenters. The van der Waals surface area contributed by atoms with Crippen LogP contribution in [0.25, 0.3) is 0 Å². The molecule has 5 heteroatoms. The molecule has 3 heterocycles. The molecule has 2 aromatic rings. The van der Waals surface area contributed by atoms with E-state index >= 15 is 0 Å². The summed E-state index contributed by atoms with van der Waals surface area (Å²) in [5.74, 6) is 1.72. The molecule has 5 nitrogen and oxygen atoms in total. The van der Waals surface area contributed by atoms with Gasteiger partial charge in [-0.25, -0.2) is 0 Å². The van der Waals surface area contributed by atoms with Crippen molar-refractivity contribution < 1.29 is 4.74 Å². The van der Waals surface area contributed by atoms with Crippen molar-refractivity contribution in [3.63, 3.8) is 0 Å². The molecule has 1 saturated carbocycles. The lowest BCUT2D eigenvalue weighted by molar-refractivity contribution is 0.0532. The standard InChI is InChI=1S/C23H29N3O2/c1-16-15-25(9-10-28-16)20-13-22(24-23(27)14-20)26-19-8-7-18(12-19)21(26)11-17-5-3-2-4-6-17/h2-6,13-14,16,18-19,21H,7-12,15H2,1H3,(H,24,27)/t16-,18-,19+,21-/m1/s1. The molecule has 1 aliphatic carbocycles. The minimum absolute atomic E-state index is 0.00659. The molecule has 28 heavy (non-hydrogen) atoms. The Hall–Kier alpha value is -2.27. The number of H-pyrrole nitrogens is 1. The van der Waals surface area contributed by atoms with Gasteiger partial charge in [0.05, 0.1) is 12.7 Å². The van der Waals surface area contributed by atoms with Gasteiger partial charge in [0, 0.05) is 43.0 Å². The van der Waals surface area contributed by atoms with Crippen molar-refractivity contribution in [3.8, 4) is 0 Å². The van der Waals surface area contributed by atoms with E-state index in [1.54, 1.807) is 6.07 Å². The van der Waals surface area contributed by atoms with Crippen molar-refractivity contribution in [2.75, 3.05) is 29.5 Å². The first-order valence-corrected chi connectivity index (χ1v) is 10.6. The second-order valence-electron chi connectivity index (χ2n) is 8.61. The number of nitrogens with one attached hydrogen (secondary N) is 1. The quantitative estimate of drug-likeness (QED) is 0.886. The van der Waals surface area contributed by atoms with E-state index in [1.807, 2.05) is 0 Å². The van der Waals surface area contributed by atoms with Crippen LogP contribution in [0.2, 0.25) is 0 Å². The second kappa shape index (κ2) is 7.28. The third-order valence-corrected chi connectivity index (χ3v) is 6.73. The number of ether oxygens (including phenoxy) is 1. The molecule has 1 N–H and O–H groups in total. The molecule has 2 aliphatic heterocycles. The highest BCUT2D eigenvalue weighted by Crippen LogP contribution is 2.45. The maximum atomic E-state index is 12.5. The smallest absolute Gasteiger partial charge is 0.251 e. The molecule has 3 aliphatic rings. The summed E-state index contributed by atoms with van der Waals surface area (Å²) in [5.41, 5.74) is 2.40. The van der Waals surface area contributed by atoms with Crippen LogP contribution in [-0.2, 0) is 11.2 Å². The molecule has 1 aromatic heterocycles. The molecular formula is C23H29N3O2. The highest BCUT2D eigenvalue weighted by atomic mass is 16.5. The summed E-state index contributed by atoms with van der Waals surface area (Å²) in [5, 5.41) is 0. The predicted molar refractivity (Wildman–Crippen MR) is 112 cm³/mol. The zero-order chi connectivity index (χ0) is 19.1. The first kappa shape index (κ1) is 17.8. The minimum atomic E-state index is -0.00659. The Labute approximate surface area is 166 Å². The zero-order valence-electron chi connectivity index (χ0n) is 16.5. The van der Waals surface area contributed by atoms with E-state index in [1.165, 1.54) is 24.8 Å². The van der Waals surface area contributed by atoms with E-state index in [0.29, 0.717) is 18.7 Å². The summed E-state index contributed by atoms with van der Waals surface area (Å²) in [6, 6.07) is 15.7. The van der Waals surface area contributed by atoms with Crippen LogP contribution < -0.4 is 15.4 Å². The van der Waals surface area contributed by atoms with Crippen molar-refractivity contribution in [3.05, 3.63) is 58.4 Å². The Kier molecular flexibility index (Phi) is 4.63. The fourth-order valence-electron chi connectivity index (χ4n) is 5.48. The lowest BCUT2D eigenvalue weighted by Gasteiger charge is -2.38. The predicted octanol–water partition coefficient (Wildman–Crippen LogP) is 3.20. The fourth-order valence-corrected chi connectivity index (χ4v) is 5.48. The maximum Gasteiger partial charge on any atom is 0.251 e. The molecule has 3 fully saturated rings. The molecule has 1 aromatic carbocycles. The van der Waals surface area contributed by atoms with Crippen molar-refractivity contribution in [2.24, 2.45) is 5.92 Å². The van der Waals surface area contributed by atoms with Crippen molar-refractivity contribution in [1.29, 1.82) is 0 Å². The van der Waals surface area contributed by atoms with E-state index in [9.17, 15) is 4.79 Å². The van der Waals surface area contributed by atoms with Crippen molar-refractivity contribution >= 4 is 11.5 Å². The molecule has 0 amide bonds. The number of pyridine rings is 1. The third-order valence-electron chi connectivity index (χ3n) is 6.73. The zero-order valence-corrected chi connectivity index (χ0v) is 16.5.